The average molecular weight is 243 g/mol. The van der Waals surface area contributed by atoms with Crippen LogP contribution >= 0.6 is 0 Å². The van der Waals surface area contributed by atoms with Gasteiger partial charge in [-0.1, -0.05) is 12.7 Å². The summed E-state index contributed by atoms with van der Waals surface area (Å²) in [6.07, 6.45) is 0.994. The molecule has 4 nitrogen and oxygen atoms in total. The van der Waals surface area contributed by atoms with Gasteiger partial charge < -0.3 is 5.11 Å². The van der Waals surface area contributed by atoms with Crippen LogP contribution < -0.4 is 0 Å². The fourth-order valence-electron chi connectivity index (χ4n) is 1.25. The van der Waals surface area contributed by atoms with Gasteiger partial charge in [0.1, 0.15) is 22.9 Å². The van der Waals surface area contributed by atoms with Crippen LogP contribution in [0.2, 0.25) is 0 Å². The van der Waals surface area contributed by atoms with Gasteiger partial charge in [0.05, 0.1) is 12.7 Å². The number of rotatable bonds is 3. The third-order valence-corrected chi connectivity index (χ3v) is 2.21. The molecule has 0 aromatic heterocycles. The topological polar surface area (TPSA) is 49.8 Å². The molecule has 1 aromatic carbocycles. The SMILES string of the molecule is C=Cc1c(O)cc(F)c(C(=O)N(C)OC)c1F. The van der Waals surface area contributed by atoms with E-state index in [9.17, 15) is 18.7 Å². The lowest BCUT2D eigenvalue weighted by atomic mass is 10.1. The van der Waals surface area contributed by atoms with E-state index < -0.39 is 28.9 Å². The summed E-state index contributed by atoms with van der Waals surface area (Å²) in [6, 6.07) is 0.650. The molecule has 0 spiro atoms. The fraction of sp³-hybridized carbons (Fsp3) is 0.182. The maximum absolute atomic E-state index is 13.8. The van der Waals surface area contributed by atoms with Crippen LogP contribution in [0.3, 0.4) is 0 Å². The zero-order valence-electron chi connectivity index (χ0n) is 9.33. The van der Waals surface area contributed by atoms with Crippen molar-refractivity contribution in [1.29, 1.82) is 0 Å². The van der Waals surface area contributed by atoms with E-state index in [0.717, 1.165) is 6.08 Å². The highest BCUT2D eigenvalue weighted by Gasteiger charge is 2.25. The Morgan fingerprint density at radius 3 is 2.65 bits per heavy atom. The monoisotopic (exact) mass is 243 g/mol. The largest absolute Gasteiger partial charge is 0.507 e. The van der Waals surface area contributed by atoms with Crippen molar-refractivity contribution in [3.8, 4) is 5.75 Å². The normalized spacial score (nSPS) is 10.1. The molecule has 0 unspecified atom stereocenters. The molecule has 6 heteroatoms. The van der Waals surface area contributed by atoms with E-state index in [2.05, 4.69) is 11.4 Å². The van der Waals surface area contributed by atoms with E-state index in [1.807, 2.05) is 0 Å². The second-order valence-corrected chi connectivity index (χ2v) is 3.17. The van der Waals surface area contributed by atoms with Crippen LogP contribution in [0.5, 0.6) is 5.75 Å². The molecule has 1 amide bonds. The second-order valence-electron chi connectivity index (χ2n) is 3.17. The van der Waals surface area contributed by atoms with Crippen molar-refractivity contribution in [2.24, 2.45) is 0 Å². The standard InChI is InChI=1S/C11H11F2NO3/c1-4-6-8(15)5-7(12)9(10(6)13)11(16)14(2)17-3/h4-5,15H,1H2,2-3H3. The molecule has 0 atom stereocenters. The molecule has 0 radical (unpaired) electrons. The molecule has 17 heavy (non-hydrogen) atoms. The number of hydrogen-bond acceptors (Lipinski definition) is 3. The molecule has 92 valence electrons. The number of halogens is 2. The summed E-state index contributed by atoms with van der Waals surface area (Å²) in [7, 11) is 2.39. The number of carbonyl (C=O) groups is 1. The van der Waals surface area contributed by atoms with E-state index in [-0.39, 0.29) is 5.56 Å². The summed E-state index contributed by atoms with van der Waals surface area (Å²) in [5, 5.41) is 9.94. The molecule has 0 saturated heterocycles. The lowest BCUT2D eigenvalue weighted by Gasteiger charge is -2.15. The van der Waals surface area contributed by atoms with Crippen LogP contribution in [-0.2, 0) is 4.84 Å². The summed E-state index contributed by atoms with van der Waals surface area (Å²) in [5.74, 6) is -3.96. The first-order chi connectivity index (χ1) is 7.93. The van der Waals surface area contributed by atoms with Crippen LogP contribution in [0.15, 0.2) is 12.6 Å². The molecule has 0 saturated carbocycles. The van der Waals surface area contributed by atoms with Gasteiger partial charge in [0.2, 0.25) is 0 Å². The molecule has 1 aromatic rings. The number of phenols is 1. The Balaban J connectivity index is 3.43. The predicted octanol–water partition coefficient (Wildman–Crippen LogP) is 1.95. The first-order valence-corrected chi connectivity index (χ1v) is 4.59. The number of hydrogen-bond donors (Lipinski definition) is 1. The Bertz CT molecular complexity index is 474. The van der Waals surface area contributed by atoms with E-state index in [1.54, 1.807) is 0 Å². The van der Waals surface area contributed by atoms with Crippen molar-refractivity contribution < 1.29 is 23.5 Å². The Kier molecular flexibility index (Phi) is 3.80. The zero-order chi connectivity index (χ0) is 13.2. The van der Waals surface area contributed by atoms with E-state index in [4.69, 9.17) is 0 Å². The highest BCUT2D eigenvalue weighted by Crippen LogP contribution is 2.27. The van der Waals surface area contributed by atoms with Crippen LogP contribution in [0, 0.1) is 11.6 Å². The van der Waals surface area contributed by atoms with Crippen LogP contribution in [0.25, 0.3) is 6.08 Å². The van der Waals surface area contributed by atoms with E-state index in [0.29, 0.717) is 11.1 Å². The molecule has 0 aliphatic rings. The van der Waals surface area contributed by atoms with Gasteiger partial charge in [-0.25, -0.2) is 13.8 Å². The predicted molar refractivity (Wildman–Crippen MR) is 57.2 cm³/mol. The minimum Gasteiger partial charge on any atom is -0.507 e. The Hall–Kier alpha value is -1.95. The molecule has 1 N–H and O–H groups in total. The van der Waals surface area contributed by atoms with E-state index >= 15 is 0 Å². The van der Waals surface area contributed by atoms with Gasteiger partial charge in [0, 0.05) is 13.1 Å². The molecule has 0 aliphatic heterocycles. The van der Waals surface area contributed by atoms with Crippen LogP contribution in [-0.4, -0.2) is 30.2 Å². The van der Waals surface area contributed by atoms with Gasteiger partial charge in [0.15, 0.2) is 0 Å². The van der Waals surface area contributed by atoms with Crippen LogP contribution in [0.4, 0.5) is 8.78 Å². The van der Waals surface area contributed by atoms with Crippen molar-refractivity contribution in [3.63, 3.8) is 0 Å². The fourth-order valence-corrected chi connectivity index (χ4v) is 1.25. The number of phenolic OH excluding ortho intramolecular Hbond substituents is 1. The molecule has 1 rings (SSSR count). The maximum Gasteiger partial charge on any atom is 0.283 e. The molecule has 0 aliphatic carbocycles. The summed E-state index contributed by atoms with van der Waals surface area (Å²) in [4.78, 5) is 16.1. The average Bonchev–Trinajstić information content (AvgIpc) is 2.27. The van der Waals surface area contributed by atoms with Crippen molar-refractivity contribution in [3.05, 3.63) is 35.4 Å². The highest BCUT2D eigenvalue weighted by atomic mass is 19.1. The third-order valence-electron chi connectivity index (χ3n) is 2.21. The van der Waals surface area contributed by atoms with E-state index in [1.165, 1.54) is 14.2 Å². The summed E-state index contributed by atoms with van der Waals surface area (Å²) < 4.78 is 27.2. The number of benzene rings is 1. The first kappa shape index (κ1) is 13.1. The molecule has 0 bridgehead atoms. The van der Waals surface area contributed by atoms with Gasteiger partial charge in [-0.15, -0.1) is 0 Å². The number of hydroxylamine groups is 2. The third kappa shape index (κ3) is 2.26. The van der Waals surface area contributed by atoms with Gasteiger partial charge >= 0.3 is 0 Å². The molecular formula is C11H11F2NO3. The van der Waals surface area contributed by atoms with Gasteiger partial charge in [0.25, 0.3) is 5.91 Å². The Morgan fingerprint density at radius 1 is 1.59 bits per heavy atom. The Morgan fingerprint density at radius 2 is 2.18 bits per heavy atom. The summed E-state index contributed by atoms with van der Waals surface area (Å²) in [5.41, 5.74) is -1.14. The lowest BCUT2D eigenvalue weighted by molar-refractivity contribution is -0.0762. The summed E-state index contributed by atoms with van der Waals surface area (Å²) >= 11 is 0. The maximum atomic E-state index is 13.8. The highest BCUT2D eigenvalue weighted by molar-refractivity contribution is 5.95. The van der Waals surface area contributed by atoms with Crippen LogP contribution in [0.1, 0.15) is 15.9 Å². The molecule has 0 heterocycles. The van der Waals surface area contributed by atoms with Crippen molar-refractivity contribution in [2.75, 3.05) is 14.2 Å². The minimum absolute atomic E-state index is 0.334. The summed E-state index contributed by atoms with van der Waals surface area (Å²) in [6.45, 7) is 3.27. The Labute approximate surface area is 96.7 Å². The van der Waals surface area contributed by atoms with Crippen molar-refractivity contribution >= 4 is 12.0 Å². The zero-order valence-corrected chi connectivity index (χ0v) is 9.33. The first-order valence-electron chi connectivity index (χ1n) is 4.59. The lowest BCUT2D eigenvalue weighted by Crippen LogP contribution is -2.27. The van der Waals surface area contributed by atoms with Crippen molar-refractivity contribution in [1.82, 2.24) is 5.06 Å². The number of nitrogens with zero attached hydrogens (tertiary/aromatic N) is 1. The smallest absolute Gasteiger partial charge is 0.283 e. The number of amides is 1. The second kappa shape index (κ2) is 4.92. The van der Waals surface area contributed by atoms with Gasteiger partial charge in [-0.2, -0.15) is 0 Å². The molecule has 0 fully saturated rings. The van der Waals surface area contributed by atoms with Gasteiger partial charge in [-0.3, -0.25) is 9.63 Å². The number of carbonyl (C=O) groups excluding carboxylic acids is 1. The molecular weight excluding hydrogens is 232 g/mol. The van der Waals surface area contributed by atoms with Crippen molar-refractivity contribution in [2.45, 2.75) is 0 Å². The van der Waals surface area contributed by atoms with Gasteiger partial charge in [-0.05, 0) is 0 Å². The quantitative estimate of drug-likeness (QED) is 0.825. The number of aromatic hydroxyl groups is 1. The minimum atomic E-state index is -1.17.